The van der Waals surface area contributed by atoms with Crippen molar-refractivity contribution in [1.82, 2.24) is 15.1 Å². The van der Waals surface area contributed by atoms with Crippen LogP contribution in [-0.2, 0) is 6.54 Å². The monoisotopic (exact) mass is 411 g/mol. The second kappa shape index (κ2) is 9.89. The van der Waals surface area contributed by atoms with Gasteiger partial charge in [-0.3, -0.25) is 9.59 Å². The maximum Gasteiger partial charge on any atom is 0.272 e. The van der Waals surface area contributed by atoms with E-state index in [1.807, 2.05) is 49.4 Å². The van der Waals surface area contributed by atoms with Crippen molar-refractivity contribution >= 4 is 17.5 Å². The number of nitrogens with zero attached hydrogens (tertiary/aromatic N) is 2. The molecule has 150 valence electrons. The van der Waals surface area contributed by atoms with E-state index < -0.39 is 0 Å². The van der Waals surface area contributed by atoms with E-state index in [1.165, 1.54) is 16.8 Å². The zero-order valence-electron chi connectivity index (χ0n) is 16.0. The number of carbonyl (C=O) groups excluding carboxylic acids is 1. The molecule has 0 aliphatic carbocycles. The lowest BCUT2D eigenvalue weighted by Crippen LogP contribution is -2.32. The van der Waals surface area contributed by atoms with Crippen LogP contribution in [0.1, 0.15) is 35.4 Å². The van der Waals surface area contributed by atoms with Gasteiger partial charge in [0, 0.05) is 11.1 Å². The lowest BCUT2D eigenvalue weighted by atomic mass is 10.0. The van der Waals surface area contributed by atoms with Crippen molar-refractivity contribution in [2.75, 3.05) is 6.61 Å². The molecule has 0 saturated carbocycles. The summed E-state index contributed by atoms with van der Waals surface area (Å²) in [7, 11) is 0. The molecule has 1 atom stereocenters. The van der Waals surface area contributed by atoms with E-state index in [2.05, 4.69) is 10.4 Å². The summed E-state index contributed by atoms with van der Waals surface area (Å²) < 4.78 is 6.84. The summed E-state index contributed by atoms with van der Waals surface area (Å²) in [6.07, 6.45) is 0.706. The second-order valence-electron chi connectivity index (χ2n) is 6.43. The van der Waals surface area contributed by atoms with Crippen molar-refractivity contribution in [3.05, 3.63) is 93.4 Å². The van der Waals surface area contributed by atoms with Crippen LogP contribution < -0.4 is 15.6 Å². The second-order valence-corrected chi connectivity index (χ2v) is 6.86. The normalized spacial score (nSPS) is 11.7. The molecule has 0 radical (unpaired) electrons. The molecule has 1 amide bonds. The first-order valence-electron chi connectivity index (χ1n) is 9.39. The molecule has 1 N–H and O–H groups in total. The molecule has 1 heterocycles. The number of amides is 1. The van der Waals surface area contributed by atoms with Gasteiger partial charge < -0.3 is 10.1 Å². The number of carbonyl (C=O) groups is 1. The first-order chi connectivity index (χ1) is 14.1. The minimum absolute atomic E-state index is 0.177. The number of para-hydroxylation sites is 1. The van der Waals surface area contributed by atoms with Crippen LogP contribution in [0.2, 0.25) is 5.02 Å². The smallest absolute Gasteiger partial charge is 0.272 e. The summed E-state index contributed by atoms with van der Waals surface area (Å²) in [6, 6.07) is 19.2. The third-order valence-electron chi connectivity index (χ3n) is 4.40. The Balaban J connectivity index is 1.66. The third-order valence-corrected chi connectivity index (χ3v) is 4.65. The molecule has 3 rings (SSSR count). The van der Waals surface area contributed by atoms with Crippen LogP contribution in [0, 0.1) is 0 Å². The largest absolute Gasteiger partial charge is 0.492 e. The van der Waals surface area contributed by atoms with Crippen molar-refractivity contribution in [3.8, 4) is 5.75 Å². The van der Waals surface area contributed by atoms with Gasteiger partial charge in [-0.05, 0) is 42.3 Å². The molecule has 0 saturated heterocycles. The van der Waals surface area contributed by atoms with E-state index in [-0.39, 0.29) is 36.4 Å². The highest BCUT2D eigenvalue weighted by Crippen LogP contribution is 2.19. The van der Waals surface area contributed by atoms with Gasteiger partial charge in [0.25, 0.3) is 11.5 Å². The molecule has 1 aromatic heterocycles. The first kappa shape index (κ1) is 20.6. The predicted octanol–water partition coefficient (Wildman–Crippen LogP) is 3.86. The van der Waals surface area contributed by atoms with E-state index in [0.717, 1.165) is 5.56 Å². The minimum atomic E-state index is -0.343. The van der Waals surface area contributed by atoms with Gasteiger partial charge in [-0.2, -0.15) is 5.10 Å². The lowest BCUT2D eigenvalue weighted by Gasteiger charge is -2.17. The van der Waals surface area contributed by atoms with Crippen molar-refractivity contribution in [2.45, 2.75) is 25.9 Å². The number of hydrogen-bond acceptors (Lipinski definition) is 4. The van der Waals surface area contributed by atoms with Gasteiger partial charge in [-0.15, -0.1) is 0 Å². The molecule has 3 aromatic rings. The SMILES string of the molecule is CCC(NC(=O)c1ccc(=O)n(CCOc2ccccc2)n1)c1ccc(Cl)cc1. The molecule has 2 aromatic carbocycles. The van der Waals surface area contributed by atoms with Crippen molar-refractivity contribution in [2.24, 2.45) is 0 Å². The third kappa shape index (κ3) is 5.68. The average Bonchev–Trinajstić information content (AvgIpc) is 2.74. The van der Waals surface area contributed by atoms with E-state index in [0.29, 0.717) is 17.2 Å². The first-order valence-corrected chi connectivity index (χ1v) is 9.77. The van der Waals surface area contributed by atoms with E-state index in [9.17, 15) is 9.59 Å². The van der Waals surface area contributed by atoms with Gasteiger partial charge in [-0.1, -0.05) is 48.9 Å². The molecule has 0 bridgehead atoms. The molecule has 6 nitrogen and oxygen atoms in total. The zero-order chi connectivity index (χ0) is 20.6. The number of hydrogen-bond donors (Lipinski definition) is 1. The average molecular weight is 412 g/mol. The Hall–Kier alpha value is -3.12. The Morgan fingerprint density at radius 2 is 1.83 bits per heavy atom. The van der Waals surface area contributed by atoms with E-state index >= 15 is 0 Å². The summed E-state index contributed by atoms with van der Waals surface area (Å²) in [5.41, 5.74) is 0.842. The summed E-state index contributed by atoms with van der Waals surface area (Å²) >= 11 is 5.93. The summed E-state index contributed by atoms with van der Waals surface area (Å²) in [6.45, 7) is 2.49. The number of nitrogens with one attached hydrogen (secondary N) is 1. The Morgan fingerprint density at radius 1 is 1.10 bits per heavy atom. The van der Waals surface area contributed by atoms with Crippen LogP contribution in [0.25, 0.3) is 0 Å². The highest BCUT2D eigenvalue weighted by molar-refractivity contribution is 6.30. The van der Waals surface area contributed by atoms with Gasteiger partial charge in [0.2, 0.25) is 0 Å². The summed E-state index contributed by atoms with van der Waals surface area (Å²) in [5.74, 6) is 0.368. The van der Waals surface area contributed by atoms with Crippen LogP contribution in [0.3, 0.4) is 0 Å². The standard InChI is InChI=1S/C22H22ClN3O3/c1-2-19(16-8-10-17(23)11-9-16)24-22(28)20-12-13-21(27)26(25-20)14-15-29-18-6-4-3-5-7-18/h3-13,19H,2,14-15H2,1H3,(H,24,28). The van der Waals surface area contributed by atoms with Crippen LogP contribution in [-0.4, -0.2) is 22.3 Å². The highest BCUT2D eigenvalue weighted by atomic mass is 35.5. The molecule has 29 heavy (non-hydrogen) atoms. The molecule has 0 aliphatic rings. The fraction of sp³-hybridized carbons (Fsp3) is 0.227. The summed E-state index contributed by atoms with van der Waals surface area (Å²) in [5, 5.41) is 7.79. The number of ether oxygens (including phenoxy) is 1. The van der Waals surface area contributed by atoms with Crippen molar-refractivity contribution < 1.29 is 9.53 Å². The molecular formula is C22H22ClN3O3. The molecule has 0 aliphatic heterocycles. The molecule has 0 spiro atoms. The number of rotatable bonds is 8. The van der Waals surface area contributed by atoms with Gasteiger partial charge in [0.05, 0.1) is 12.6 Å². The topological polar surface area (TPSA) is 73.2 Å². The Morgan fingerprint density at radius 3 is 2.52 bits per heavy atom. The molecular weight excluding hydrogens is 390 g/mol. The molecule has 1 unspecified atom stereocenters. The van der Waals surface area contributed by atoms with Crippen LogP contribution in [0.4, 0.5) is 0 Å². The van der Waals surface area contributed by atoms with Crippen molar-refractivity contribution in [3.63, 3.8) is 0 Å². The lowest BCUT2D eigenvalue weighted by molar-refractivity contribution is 0.0927. The van der Waals surface area contributed by atoms with Gasteiger partial charge in [0.15, 0.2) is 0 Å². The fourth-order valence-electron chi connectivity index (χ4n) is 2.85. The Labute approximate surface area is 174 Å². The number of benzene rings is 2. The molecule has 7 heteroatoms. The van der Waals surface area contributed by atoms with Crippen molar-refractivity contribution in [1.29, 1.82) is 0 Å². The van der Waals surface area contributed by atoms with Crippen LogP contribution in [0.15, 0.2) is 71.5 Å². The quantitative estimate of drug-likeness (QED) is 0.611. The zero-order valence-corrected chi connectivity index (χ0v) is 16.8. The van der Waals surface area contributed by atoms with Gasteiger partial charge in [-0.25, -0.2) is 4.68 Å². The maximum atomic E-state index is 12.7. The van der Waals surface area contributed by atoms with Gasteiger partial charge >= 0.3 is 0 Å². The van der Waals surface area contributed by atoms with Crippen LogP contribution >= 0.6 is 11.6 Å². The number of halogens is 1. The number of aromatic nitrogens is 2. The van der Waals surface area contributed by atoms with E-state index in [1.54, 1.807) is 12.1 Å². The fourth-order valence-corrected chi connectivity index (χ4v) is 2.97. The van der Waals surface area contributed by atoms with E-state index in [4.69, 9.17) is 16.3 Å². The highest BCUT2D eigenvalue weighted by Gasteiger charge is 2.16. The summed E-state index contributed by atoms with van der Waals surface area (Å²) in [4.78, 5) is 24.7. The Kier molecular flexibility index (Phi) is 7.03. The molecule has 0 fully saturated rings. The minimum Gasteiger partial charge on any atom is -0.492 e. The maximum absolute atomic E-state index is 12.7. The Bertz CT molecular complexity index is 1000. The predicted molar refractivity (Wildman–Crippen MR) is 112 cm³/mol. The van der Waals surface area contributed by atoms with Crippen LogP contribution in [0.5, 0.6) is 5.75 Å². The van der Waals surface area contributed by atoms with Gasteiger partial charge in [0.1, 0.15) is 18.1 Å².